The van der Waals surface area contributed by atoms with Crippen LogP contribution in [0.1, 0.15) is 11.4 Å². The summed E-state index contributed by atoms with van der Waals surface area (Å²) in [5, 5.41) is 10.4. The maximum Gasteiger partial charge on any atom is 0.157 e. The lowest BCUT2D eigenvalue weighted by Crippen LogP contribution is -1.84. The van der Waals surface area contributed by atoms with Crippen molar-refractivity contribution < 1.29 is 0 Å². The standard InChI is InChI=1S/C9H8BrClN2S2/c10-7-4-3-6(14-7)9-13-12-8(15-9)2-1-5-11/h3-4H,1-2,5H2. The smallest absolute Gasteiger partial charge is 0.143 e. The highest BCUT2D eigenvalue weighted by Crippen LogP contribution is 2.33. The first-order chi connectivity index (χ1) is 7.29. The Bertz CT molecular complexity index is 441. The van der Waals surface area contributed by atoms with Crippen LogP contribution in [0.2, 0.25) is 0 Å². The second-order valence-corrected chi connectivity index (χ2v) is 6.80. The second kappa shape index (κ2) is 5.39. The van der Waals surface area contributed by atoms with Gasteiger partial charge in [0.1, 0.15) is 5.01 Å². The van der Waals surface area contributed by atoms with E-state index < -0.39 is 0 Å². The Kier molecular flexibility index (Phi) is 4.13. The summed E-state index contributed by atoms with van der Waals surface area (Å²) in [7, 11) is 0. The van der Waals surface area contributed by atoms with E-state index in [2.05, 4.69) is 32.2 Å². The van der Waals surface area contributed by atoms with E-state index in [1.165, 1.54) is 0 Å². The van der Waals surface area contributed by atoms with Gasteiger partial charge in [-0.15, -0.1) is 33.1 Å². The van der Waals surface area contributed by atoms with Crippen LogP contribution in [0.4, 0.5) is 0 Å². The van der Waals surface area contributed by atoms with E-state index in [0.29, 0.717) is 5.88 Å². The Morgan fingerprint density at radius 1 is 1.27 bits per heavy atom. The average Bonchev–Trinajstić information content (AvgIpc) is 2.83. The van der Waals surface area contributed by atoms with Crippen molar-refractivity contribution in [2.45, 2.75) is 12.8 Å². The van der Waals surface area contributed by atoms with Crippen LogP contribution in [0.15, 0.2) is 15.9 Å². The Balaban J connectivity index is 2.13. The number of aryl methyl sites for hydroxylation is 1. The zero-order valence-corrected chi connectivity index (χ0v) is 11.7. The predicted octanol–water partition coefficient (Wildman–Crippen LogP) is 4.20. The molecule has 0 aliphatic rings. The third-order valence-electron chi connectivity index (χ3n) is 1.78. The van der Waals surface area contributed by atoms with Crippen LogP contribution in [0.25, 0.3) is 9.88 Å². The molecule has 0 bridgehead atoms. The van der Waals surface area contributed by atoms with E-state index in [4.69, 9.17) is 11.6 Å². The molecule has 2 heterocycles. The summed E-state index contributed by atoms with van der Waals surface area (Å²) in [4.78, 5) is 1.16. The Labute approximate surface area is 109 Å². The van der Waals surface area contributed by atoms with Gasteiger partial charge in [0.25, 0.3) is 0 Å². The third kappa shape index (κ3) is 3.00. The first kappa shape index (κ1) is 11.5. The minimum absolute atomic E-state index is 0.680. The Morgan fingerprint density at radius 3 is 2.80 bits per heavy atom. The van der Waals surface area contributed by atoms with Gasteiger partial charge < -0.3 is 0 Å². The zero-order chi connectivity index (χ0) is 10.7. The molecule has 2 aromatic heterocycles. The normalized spacial score (nSPS) is 10.8. The van der Waals surface area contributed by atoms with Crippen LogP contribution in [0, 0.1) is 0 Å². The number of aromatic nitrogens is 2. The van der Waals surface area contributed by atoms with Gasteiger partial charge >= 0.3 is 0 Å². The summed E-state index contributed by atoms with van der Waals surface area (Å²) in [6.07, 6.45) is 1.89. The van der Waals surface area contributed by atoms with Gasteiger partial charge in [-0.05, 0) is 34.5 Å². The molecular weight excluding hydrogens is 316 g/mol. The quantitative estimate of drug-likeness (QED) is 0.788. The van der Waals surface area contributed by atoms with Crippen LogP contribution >= 0.6 is 50.2 Å². The molecule has 0 aliphatic heterocycles. The molecule has 0 unspecified atom stereocenters. The molecule has 0 radical (unpaired) electrons. The summed E-state index contributed by atoms with van der Waals surface area (Å²) >= 11 is 12.4. The van der Waals surface area contributed by atoms with Crippen LogP contribution in [-0.4, -0.2) is 16.1 Å². The second-order valence-electron chi connectivity index (χ2n) is 2.90. The van der Waals surface area contributed by atoms with Gasteiger partial charge in [-0.1, -0.05) is 11.3 Å². The number of hydrogen-bond donors (Lipinski definition) is 0. The minimum Gasteiger partial charge on any atom is -0.143 e. The molecule has 0 fully saturated rings. The lowest BCUT2D eigenvalue weighted by molar-refractivity contribution is 0.884. The van der Waals surface area contributed by atoms with Crippen LogP contribution in [0.3, 0.4) is 0 Å². The molecule has 2 nitrogen and oxygen atoms in total. The topological polar surface area (TPSA) is 25.8 Å². The average molecular weight is 324 g/mol. The van der Waals surface area contributed by atoms with Crippen LogP contribution in [0.5, 0.6) is 0 Å². The van der Waals surface area contributed by atoms with Gasteiger partial charge in [0, 0.05) is 12.3 Å². The Hall–Kier alpha value is 0.0300. The van der Waals surface area contributed by atoms with E-state index >= 15 is 0 Å². The predicted molar refractivity (Wildman–Crippen MR) is 70.0 cm³/mol. The molecule has 0 saturated heterocycles. The van der Waals surface area contributed by atoms with E-state index in [9.17, 15) is 0 Å². The van der Waals surface area contributed by atoms with Gasteiger partial charge in [0.15, 0.2) is 5.01 Å². The maximum absolute atomic E-state index is 5.63. The van der Waals surface area contributed by atoms with Crippen molar-refractivity contribution >= 4 is 50.2 Å². The van der Waals surface area contributed by atoms with Crippen molar-refractivity contribution in [2.75, 3.05) is 5.88 Å². The van der Waals surface area contributed by atoms with Crippen molar-refractivity contribution in [3.05, 3.63) is 20.9 Å². The lowest BCUT2D eigenvalue weighted by atomic mass is 10.4. The summed E-state index contributed by atoms with van der Waals surface area (Å²) < 4.78 is 1.12. The van der Waals surface area contributed by atoms with Gasteiger partial charge in [0.05, 0.1) is 8.66 Å². The molecule has 0 N–H and O–H groups in total. The number of nitrogens with zero attached hydrogens (tertiary/aromatic N) is 2. The fourth-order valence-corrected chi connectivity index (χ4v) is 3.55. The monoisotopic (exact) mass is 322 g/mol. The highest BCUT2D eigenvalue weighted by molar-refractivity contribution is 9.11. The van der Waals surface area contributed by atoms with E-state index in [-0.39, 0.29) is 0 Å². The van der Waals surface area contributed by atoms with Crippen LogP contribution < -0.4 is 0 Å². The van der Waals surface area contributed by atoms with Crippen molar-refractivity contribution in [3.63, 3.8) is 0 Å². The zero-order valence-electron chi connectivity index (χ0n) is 7.74. The molecular formula is C9H8BrClN2S2. The maximum atomic E-state index is 5.63. The van der Waals surface area contributed by atoms with Crippen molar-refractivity contribution in [3.8, 4) is 9.88 Å². The first-order valence-electron chi connectivity index (χ1n) is 4.43. The van der Waals surface area contributed by atoms with E-state index in [1.54, 1.807) is 22.7 Å². The third-order valence-corrected chi connectivity index (χ3v) is 4.82. The number of thiophene rings is 1. The molecule has 0 saturated carbocycles. The molecule has 0 spiro atoms. The van der Waals surface area contributed by atoms with Crippen molar-refractivity contribution in [1.29, 1.82) is 0 Å². The fourth-order valence-electron chi connectivity index (χ4n) is 1.10. The van der Waals surface area contributed by atoms with Gasteiger partial charge in [-0.2, -0.15) is 0 Å². The molecule has 2 rings (SSSR count). The SMILES string of the molecule is ClCCCc1nnc(-c2ccc(Br)s2)s1. The Morgan fingerprint density at radius 2 is 2.13 bits per heavy atom. The molecule has 0 atom stereocenters. The van der Waals surface area contributed by atoms with Gasteiger partial charge in [-0.25, -0.2) is 0 Å². The summed E-state index contributed by atoms with van der Waals surface area (Å²) in [6, 6.07) is 4.08. The summed E-state index contributed by atoms with van der Waals surface area (Å²) in [6.45, 7) is 0. The lowest BCUT2D eigenvalue weighted by Gasteiger charge is -1.88. The number of alkyl halides is 1. The molecule has 15 heavy (non-hydrogen) atoms. The number of rotatable bonds is 4. The van der Waals surface area contributed by atoms with Crippen molar-refractivity contribution in [2.24, 2.45) is 0 Å². The molecule has 80 valence electrons. The number of hydrogen-bond acceptors (Lipinski definition) is 4. The van der Waals surface area contributed by atoms with E-state index in [1.807, 2.05) is 6.07 Å². The first-order valence-corrected chi connectivity index (χ1v) is 7.39. The van der Waals surface area contributed by atoms with Crippen molar-refractivity contribution in [1.82, 2.24) is 10.2 Å². The number of halogens is 2. The summed E-state index contributed by atoms with van der Waals surface area (Å²) in [5.41, 5.74) is 0. The van der Waals surface area contributed by atoms with Crippen LogP contribution in [-0.2, 0) is 6.42 Å². The molecule has 2 aromatic rings. The largest absolute Gasteiger partial charge is 0.157 e. The highest BCUT2D eigenvalue weighted by atomic mass is 79.9. The fraction of sp³-hybridized carbons (Fsp3) is 0.333. The molecule has 6 heteroatoms. The minimum atomic E-state index is 0.680. The molecule has 0 aromatic carbocycles. The van der Waals surface area contributed by atoms with Gasteiger partial charge in [-0.3, -0.25) is 0 Å². The van der Waals surface area contributed by atoms with E-state index in [0.717, 1.165) is 31.5 Å². The highest BCUT2D eigenvalue weighted by Gasteiger charge is 2.08. The molecule has 0 aliphatic carbocycles. The summed E-state index contributed by atoms with van der Waals surface area (Å²) in [5.74, 6) is 0.680. The molecule has 0 amide bonds. The van der Waals surface area contributed by atoms with Gasteiger partial charge in [0.2, 0.25) is 0 Å².